The van der Waals surface area contributed by atoms with Gasteiger partial charge < -0.3 is 15.0 Å². The van der Waals surface area contributed by atoms with Gasteiger partial charge in [0, 0.05) is 12.1 Å². The maximum atomic E-state index is 12.8. The van der Waals surface area contributed by atoms with Crippen molar-refractivity contribution in [2.75, 3.05) is 6.54 Å². The Morgan fingerprint density at radius 1 is 1.17 bits per heavy atom. The van der Waals surface area contributed by atoms with Crippen LogP contribution in [0.1, 0.15) is 23.3 Å². The largest absolute Gasteiger partial charge is 0.457 e. The van der Waals surface area contributed by atoms with E-state index in [9.17, 15) is 10.1 Å². The second kappa shape index (κ2) is 7.56. The van der Waals surface area contributed by atoms with Crippen molar-refractivity contribution in [3.05, 3.63) is 66.4 Å². The van der Waals surface area contributed by atoms with Crippen LogP contribution in [0.3, 0.4) is 0 Å². The molecule has 2 aliphatic rings. The van der Waals surface area contributed by atoms with Crippen molar-refractivity contribution in [2.45, 2.75) is 24.9 Å². The Balaban J connectivity index is 1.34. The lowest BCUT2D eigenvalue weighted by atomic mass is 10.1. The maximum Gasteiger partial charge on any atom is 0.269 e. The van der Waals surface area contributed by atoms with Crippen molar-refractivity contribution < 1.29 is 9.53 Å². The summed E-state index contributed by atoms with van der Waals surface area (Å²) in [4.78, 5) is 14.6. The summed E-state index contributed by atoms with van der Waals surface area (Å²) in [5.41, 5.74) is 1.84. The van der Waals surface area contributed by atoms with E-state index in [0.717, 1.165) is 30.7 Å². The van der Waals surface area contributed by atoms with E-state index in [0.29, 0.717) is 23.1 Å². The van der Waals surface area contributed by atoms with Crippen LogP contribution in [-0.4, -0.2) is 39.6 Å². The first-order chi connectivity index (χ1) is 14.7. The smallest absolute Gasteiger partial charge is 0.269 e. The zero-order valence-electron chi connectivity index (χ0n) is 16.3. The number of aromatic nitrogens is 2. The molecule has 7 heteroatoms. The molecule has 3 aromatic rings. The molecule has 7 nitrogen and oxygen atoms in total. The Morgan fingerprint density at radius 3 is 2.77 bits per heavy atom. The van der Waals surface area contributed by atoms with E-state index >= 15 is 0 Å². The van der Waals surface area contributed by atoms with E-state index in [1.807, 2.05) is 54.6 Å². The molecule has 1 amide bonds. The van der Waals surface area contributed by atoms with Crippen molar-refractivity contribution in [2.24, 2.45) is 5.92 Å². The molecule has 1 saturated carbocycles. The maximum absolute atomic E-state index is 12.8. The molecule has 0 unspecified atom stereocenters. The standard InChI is InChI=1S/C23H21N5O2/c24-14-28-13-15-10-11-20(28)22(15)25-23(29)19-12-18(26-27-19)17-8-4-5-9-21(17)30-16-6-2-1-3-7-16/h1-9,12,15,20,22H,10-11,13H2,(H,25,29)(H,26,27)/t15-,20-,22-/m1/s1. The number of fused-ring (bicyclic) bond motifs is 2. The number of aromatic amines is 1. The molecular formula is C23H21N5O2. The minimum absolute atomic E-state index is 0.0117. The Morgan fingerprint density at radius 2 is 1.97 bits per heavy atom. The molecule has 1 saturated heterocycles. The first-order valence-corrected chi connectivity index (χ1v) is 10.1. The monoisotopic (exact) mass is 399 g/mol. The summed E-state index contributed by atoms with van der Waals surface area (Å²) in [6.07, 6.45) is 4.23. The van der Waals surface area contributed by atoms with Gasteiger partial charge in [0.25, 0.3) is 5.91 Å². The van der Waals surface area contributed by atoms with Gasteiger partial charge in [-0.25, -0.2) is 0 Å². The topological polar surface area (TPSA) is 94.0 Å². The summed E-state index contributed by atoms with van der Waals surface area (Å²) in [5, 5.41) is 19.5. The highest BCUT2D eigenvalue weighted by molar-refractivity contribution is 5.94. The van der Waals surface area contributed by atoms with Gasteiger partial charge in [-0.05, 0) is 49.1 Å². The SMILES string of the molecule is N#CN1C[C@H]2CC[C@@H]1[C@@H]2NC(=O)c1cc(-c2ccccc2Oc2ccccc2)n[nH]1. The number of H-pyrrole nitrogens is 1. The van der Waals surface area contributed by atoms with E-state index < -0.39 is 0 Å². The lowest BCUT2D eigenvalue weighted by Gasteiger charge is -2.21. The number of carbonyl (C=O) groups is 1. The lowest BCUT2D eigenvalue weighted by Crippen LogP contribution is -2.42. The minimum atomic E-state index is -0.197. The molecule has 1 aliphatic heterocycles. The van der Waals surface area contributed by atoms with Crippen LogP contribution in [-0.2, 0) is 0 Å². The Bertz CT molecular complexity index is 1100. The van der Waals surface area contributed by atoms with Gasteiger partial charge >= 0.3 is 0 Å². The summed E-state index contributed by atoms with van der Waals surface area (Å²) >= 11 is 0. The molecule has 3 atom stereocenters. The van der Waals surface area contributed by atoms with Gasteiger partial charge in [0.1, 0.15) is 17.2 Å². The summed E-state index contributed by atoms with van der Waals surface area (Å²) < 4.78 is 6.01. The number of ether oxygens (including phenoxy) is 1. The lowest BCUT2D eigenvalue weighted by molar-refractivity contribution is 0.0924. The molecule has 2 N–H and O–H groups in total. The second-order valence-corrected chi connectivity index (χ2v) is 7.73. The van der Waals surface area contributed by atoms with Gasteiger partial charge in [-0.3, -0.25) is 9.89 Å². The fraction of sp³-hybridized carbons (Fsp3) is 0.261. The quantitative estimate of drug-likeness (QED) is 0.640. The predicted octanol–water partition coefficient (Wildman–Crippen LogP) is 3.54. The van der Waals surface area contributed by atoms with Gasteiger partial charge in [0.15, 0.2) is 6.19 Å². The number of rotatable bonds is 5. The first-order valence-electron chi connectivity index (χ1n) is 10.1. The van der Waals surface area contributed by atoms with Crippen LogP contribution in [0.2, 0.25) is 0 Å². The first kappa shape index (κ1) is 18.3. The average Bonchev–Trinajstić information content (AvgIpc) is 3.50. The number of para-hydroxylation sites is 2. The Hall–Kier alpha value is -3.79. The zero-order valence-corrected chi connectivity index (χ0v) is 16.3. The number of likely N-dealkylation sites (tertiary alicyclic amines) is 1. The number of amides is 1. The van der Waals surface area contributed by atoms with Crippen LogP contribution in [0.4, 0.5) is 0 Å². The zero-order chi connectivity index (χ0) is 20.5. The van der Waals surface area contributed by atoms with Crippen LogP contribution in [0.5, 0.6) is 11.5 Å². The highest BCUT2D eigenvalue weighted by atomic mass is 16.5. The summed E-state index contributed by atoms with van der Waals surface area (Å²) in [5.74, 6) is 1.54. The van der Waals surface area contributed by atoms with Crippen LogP contribution in [0.25, 0.3) is 11.3 Å². The van der Waals surface area contributed by atoms with Crippen molar-refractivity contribution in [3.8, 4) is 28.9 Å². The van der Waals surface area contributed by atoms with E-state index in [1.165, 1.54) is 0 Å². The molecular weight excluding hydrogens is 378 g/mol. The van der Waals surface area contributed by atoms with E-state index in [4.69, 9.17) is 4.74 Å². The molecule has 1 aromatic heterocycles. The number of nitrogens with one attached hydrogen (secondary N) is 2. The molecule has 0 spiro atoms. The van der Waals surface area contributed by atoms with E-state index in [-0.39, 0.29) is 18.0 Å². The molecule has 30 heavy (non-hydrogen) atoms. The van der Waals surface area contributed by atoms with E-state index in [2.05, 4.69) is 21.7 Å². The molecule has 5 rings (SSSR count). The molecule has 2 fully saturated rings. The molecule has 2 heterocycles. The van der Waals surface area contributed by atoms with Gasteiger partial charge in [-0.2, -0.15) is 10.4 Å². The third-order valence-electron chi connectivity index (χ3n) is 5.97. The Kier molecular flexibility index (Phi) is 4.60. The average molecular weight is 399 g/mol. The molecule has 2 aromatic carbocycles. The van der Waals surface area contributed by atoms with Gasteiger partial charge in [-0.1, -0.05) is 30.3 Å². The number of carbonyl (C=O) groups excluding carboxylic acids is 1. The second-order valence-electron chi connectivity index (χ2n) is 7.73. The van der Waals surface area contributed by atoms with Crippen LogP contribution in [0, 0.1) is 17.4 Å². The Labute approximate surface area is 174 Å². The molecule has 150 valence electrons. The van der Waals surface area contributed by atoms with Gasteiger partial charge in [0.05, 0.1) is 17.8 Å². The number of nitriles is 1. The number of hydrogen-bond acceptors (Lipinski definition) is 5. The van der Waals surface area contributed by atoms with Gasteiger partial charge in [-0.15, -0.1) is 0 Å². The highest BCUT2D eigenvalue weighted by Gasteiger charge is 2.47. The van der Waals surface area contributed by atoms with Crippen LogP contribution >= 0.6 is 0 Å². The van der Waals surface area contributed by atoms with Crippen molar-refractivity contribution in [1.29, 1.82) is 5.26 Å². The van der Waals surface area contributed by atoms with Gasteiger partial charge in [0.2, 0.25) is 0 Å². The normalized spacial score (nSPS) is 22.0. The number of benzene rings is 2. The number of hydrogen-bond donors (Lipinski definition) is 2. The molecule has 0 radical (unpaired) electrons. The third-order valence-corrected chi connectivity index (χ3v) is 5.97. The van der Waals surface area contributed by atoms with Crippen LogP contribution < -0.4 is 10.1 Å². The summed E-state index contributed by atoms with van der Waals surface area (Å²) in [6, 6.07) is 19.0. The van der Waals surface area contributed by atoms with Crippen molar-refractivity contribution in [1.82, 2.24) is 20.4 Å². The van der Waals surface area contributed by atoms with Crippen molar-refractivity contribution >= 4 is 5.91 Å². The molecule has 2 bridgehead atoms. The van der Waals surface area contributed by atoms with Crippen LogP contribution in [0.15, 0.2) is 60.7 Å². The fourth-order valence-electron chi connectivity index (χ4n) is 4.52. The minimum Gasteiger partial charge on any atom is -0.457 e. The van der Waals surface area contributed by atoms with Crippen molar-refractivity contribution in [3.63, 3.8) is 0 Å². The fourth-order valence-corrected chi connectivity index (χ4v) is 4.52. The number of piperidine rings is 1. The third kappa shape index (κ3) is 3.26. The van der Waals surface area contributed by atoms with E-state index in [1.54, 1.807) is 11.0 Å². The summed E-state index contributed by atoms with van der Waals surface area (Å²) in [6.45, 7) is 0.727. The summed E-state index contributed by atoms with van der Waals surface area (Å²) in [7, 11) is 0. The molecule has 1 aliphatic carbocycles. The number of nitrogens with zero attached hydrogens (tertiary/aromatic N) is 3. The predicted molar refractivity (Wildman–Crippen MR) is 111 cm³/mol. The highest BCUT2D eigenvalue weighted by Crippen LogP contribution is 2.37.